The van der Waals surface area contributed by atoms with E-state index >= 15 is 0 Å². The number of aromatic nitrogens is 6. The Morgan fingerprint density at radius 3 is 1.55 bits per heavy atom. The average Bonchev–Trinajstić information content (AvgIpc) is 4.16. The van der Waals surface area contributed by atoms with Crippen molar-refractivity contribution >= 4 is 125 Å². The number of imidazole rings is 2. The summed E-state index contributed by atoms with van der Waals surface area (Å²) in [5.41, 5.74) is 18.8. The van der Waals surface area contributed by atoms with Gasteiger partial charge in [0, 0.05) is 40.2 Å². The first-order valence-corrected chi connectivity index (χ1v) is 24.6. The number of para-hydroxylation sites is 4. The fraction of sp³-hybridized carbons (Fsp3) is 0. The normalized spacial score (nSPS) is 12.1. The highest BCUT2D eigenvalue weighted by Gasteiger charge is 2.18. The molecule has 0 saturated carbocycles. The van der Waals surface area contributed by atoms with Gasteiger partial charge in [0.2, 0.25) is 0 Å². The molecule has 15 rings (SSSR count). The third-order valence-corrected chi connectivity index (χ3v) is 15.6. The summed E-state index contributed by atoms with van der Waals surface area (Å²) in [5.74, 6) is 0. The summed E-state index contributed by atoms with van der Waals surface area (Å²) in [6.45, 7) is 0. The smallest absolute Gasteiger partial charge is 0.195 e. The van der Waals surface area contributed by atoms with Crippen LogP contribution in [0.5, 0.6) is 0 Å². The lowest BCUT2D eigenvalue weighted by Crippen LogP contribution is -2.09. The number of hydrogen-bond acceptors (Lipinski definition) is 7. The van der Waals surface area contributed by atoms with Gasteiger partial charge in [0.05, 0.1) is 53.5 Å². The minimum atomic E-state index is 0.962. The maximum atomic E-state index is 4.92. The Kier molecular flexibility index (Phi) is 8.27. The molecule has 0 atom stereocenters. The lowest BCUT2D eigenvalue weighted by molar-refractivity contribution is 1.29. The molecule has 0 amide bonds. The first kappa shape index (κ1) is 38.4. The van der Waals surface area contributed by atoms with Crippen molar-refractivity contribution in [2.45, 2.75) is 0 Å². The van der Waals surface area contributed by atoms with Crippen LogP contribution in [0, 0.1) is 0 Å². The van der Waals surface area contributed by atoms with Crippen LogP contribution in [0.4, 0.5) is 17.1 Å². The Balaban J connectivity index is 0.807. The van der Waals surface area contributed by atoms with E-state index in [1.807, 2.05) is 30.6 Å². The van der Waals surface area contributed by atoms with Gasteiger partial charge in [-0.15, -0.1) is 0 Å². The molecule has 0 radical (unpaired) electrons. The van der Waals surface area contributed by atoms with Gasteiger partial charge < -0.3 is 4.90 Å². The molecule has 9 heteroatoms. The van der Waals surface area contributed by atoms with Crippen molar-refractivity contribution in [3.63, 3.8) is 0 Å². The van der Waals surface area contributed by atoms with Crippen LogP contribution >= 0.6 is 22.7 Å². The zero-order valence-electron chi connectivity index (χ0n) is 36.7. The Morgan fingerprint density at radius 2 is 0.899 bits per heavy atom. The van der Waals surface area contributed by atoms with Crippen LogP contribution < -0.4 is 4.90 Å². The number of hydrogen-bond donors (Lipinski definition) is 0. The second-order valence-electron chi connectivity index (χ2n) is 17.6. The van der Waals surface area contributed by atoms with Crippen molar-refractivity contribution in [2.24, 2.45) is 0 Å². The second kappa shape index (κ2) is 14.9. The summed E-state index contributed by atoms with van der Waals surface area (Å²) >= 11 is 3.47. The van der Waals surface area contributed by atoms with Crippen molar-refractivity contribution in [3.8, 4) is 33.4 Å². The highest BCUT2D eigenvalue weighted by atomic mass is 32.1. The van der Waals surface area contributed by atoms with Gasteiger partial charge in [-0.3, -0.25) is 18.8 Å². The van der Waals surface area contributed by atoms with Crippen molar-refractivity contribution in [1.29, 1.82) is 0 Å². The Bertz CT molecular complexity index is 4370. The minimum Gasteiger partial charge on any atom is -0.310 e. The Labute approximate surface area is 402 Å². The van der Waals surface area contributed by atoms with Crippen LogP contribution in [0.15, 0.2) is 213 Å². The summed E-state index contributed by atoms with van der Waals surface area (Å²) in [6, 6.07) is 72.2. The largest absolute Gasteiger partial charge is 0.310 e. The molecule has 6 aromatic heterocycles. The third kappa shape index (κ3) is 6.11. The summed E-state index contributed by atoms with van der Waals surface area (Å²) in [6.07, 6.45) is 3.75. The summed E-state index contributed by atoms with van der Waals surface area (Å²) in [7, 11) is 0. The maximum absolute atomic E-state index is 4.92. The van der Waals surface area contributed by atoms with E-state index in [0.717, 1.165) is 98.5 Å². The summed E-state index contributed by atoms with van der Waals surface area (Å²) in [4.78, 5) is 23.6. The third-order valence-electron chi connectivity index (χ3n) is 13.6. The lowest BCUT2D eigenvalue weighted by Gasteiger charge is -2.26. The zero-order chi connectivity index (χ0) is 45.2. The Morgan fingerprint density at radius 1 is 0.348 bits per heavy atom. The van der Waals surface area contributed by atoms with Gasteiger partial charge >= 0.3 is 0 Å². The van der Waals surface area contributed by atoms with Crippen LogP contribution in [-0.2, 0) is 0 Å². The van der Waals surface area contributed by atoms with Crippen LogP contribution in [0.3, 0.4) is 0 Å². The molecular weight excluding hydrogens is 883 g/mol. The van der Waals surface area contributed by atoms with E-state index in [1.165, 1.54) is 36.9 Å². The van der Waals surface area contributed by atoms with Crippen molar-refractivity contribution in [2.75, 3.05) is 4.90 Å². The number of pyridine rings is 2. The van der Waals surface area contributed by atoms with Crippen molar-refractivity contribution < 1.29 is 0 Å². The molecule has 0 fully saturated rings. The topological polar surface area (TPSA) is 63.6 Å². The van der Waals surface area contributed by atoms with Gasteiger partial charge in [0.1, 0.15) is 0 Å². The van der Waals surface area contributed by atoms with Gasteiger partial charge in [0.25, 0.3) is 0 Å². The zero-order valence-corrected chi connectivity index (χ0v) is 38.3. The monoisotopic (exact) mass is 917 g/mol. The number of anilines is 3. The predicted molar refractivity (Wildman–Crippen MR) is 289 cm³/mol. The van der Waals surface area contributed by atoms with Crippen LogP contribution in [0.2, 0.25) is 0 Å². The second-order valence-corrected chi connectivity index (χ2v) is 19.6. The van der Waals surface area contributed by atoms with Crippen LogP contribution in [0.1, 0.15) is 0 Å². The standard InChI is InChI=1S/C60H35N7S2/c1-3-9-53-49(7-1)63-59-66(53)55-25-18-40(33-57(55)68-59)36-13-20-44(21-14-36)65(45-22-15-37(16-23-45)41-19-26-56-58(34-41)69-60-64-50-8-2-4-10-54(50)67(56)60)46-24-17-38-30-42(12-11-39(38)31-46)47-27-29-62-52-32-43-6-5-28-61-51(43)35-48(47)52/h1-35H. The summed E-state index contributed by atoms with van der Waals surface area (Å²) < 4.78 is 6.98. The fourth-order valence-electron chi connectivity index (χ4n) is 10.3. The molecule has 0 unspecified atom stereocenters. The number of benzene rings is 9. The van der Waals surface area contributed by atoms with Crippen molar-refractivity contribution in [1.82, 2.24) is 28.7 Å². The van der Waals surface area contributed by atoms with Crippen LogP contribution in [0.25, 0.3) is 118 Å². The molecule has 0 aliphatic carbocycles. The van der Waals surface area contributed by atoms with E-state index in [0.29, 0.717) is 0 Å². The molecule has 0 N–H and O–H groups in total. The first-order valence-electron chi connectivity index (χ1n) is 22.9. The van der Waals surface area contributed by atoms with Gasteiger partial charge in [-0.25, -0.2) is 9.97 Å². The van der Waals surface area contributed by atoms with Gasteiger partial charge in [-0.1, -0.05) is 108 Å². The quantitative estimate of drug-likeness (QED) is 0.156. The SMILES string of the molecule is c1cnc2cc3c(-c4ccc5cc(N(c6ccc(-c7ccc8c(c7)sc7nc9ccccc9n78)cc6)c6ccc(-c7ccc8c(c7)sc7nc9ccccc9n78)cc6)ccc5c4)ccnc3cc2c1. The van der Waals surface area contributed by atoms with E-state index in [-0.39, 0.29) is 0 Å². The molecule has 15 aromatic rings. The number of thiazole rings is 2. The summed E-state index contributed by atoms with van der Waals surface area (Å²) in [5, 5.41) is 4.51. The van der Waals surface area contributed by atoms with Gasteiger partial charge in [-0.2, -0.15) is 0 Å². The molecule has 0 saturated heterocycles. The number of nitrogens with zero attached hydrogens (tertiary/aromatic N) is 7. The lowest BCUT2D eigenvalue weighted by atomic mass is 9.97. The molecule has 6 heterocycles. The average molecular weight is 918 g/mol. The van der Waals surface area contributed by atoms with Crippen LogP contribution in [-0.4, -0.2) is 28.7 Å². The molecule has 0 spiro atoms. The van der Waals surface area contributed by atoms with Crippen molar-refractivity contribution in [3.05, 3.63) is 213 Å². The highest BCUT2D eigenvalue weighted by molar-refractivity contribution is 7.24. The highest BCUT2D eigenvalue weighted by Crippen LogP contribution is 2.41. The van der Waals surface area contributed by atoms with E-state index in [9.17, 15) is 0 Å². The van der Waals surface area contributed by atoms with E-state index in [4.69, 9.17) is 15.0 Å². The minimum absolute atomic E-state index is 0.962. The van der Waals surface area contributed by atoms with E-state index in [2.05, 4.69) is 201 Å². The number of rotatable bonds is 6. The van der Waals surface area contributed by atoms with E-state index < -0.39 is 0 Å². The molecule has 0 aliphatic heterocycles. The molecule has 9 aromatic carbocycles. The Hall–Kier alpha value is -8.76. The first-order chi connectivity index (χ1) is 34.1. The molecule has 322 valence electrons. The molecule has 69 heavy (non-hydrogen) atoms. The molecular formula is C60H35N7S2. The van der Waals surface area contributed by atoms with Gasteiger partial charge in [-0.05, 0) is 159 Å². The molecule has 0 bridgehead atoms. The predicted octanol–water partition coefficient (Wildman–Crippen LogP) is 16.4. The van der Waals surface area contributed by atoms with Gasteiger partial charge in [0.15, 0.2) is 9.92 Å². The number of fused-ring (bicyclic) bond motifs is 13. The fourth-order valence-corrected chi connectivity index (χ4v) is 12.4. The molecule has 0 aliphatic rings. The maximum Gasteiger partial charge on any atom is 0.195 e. The van der Waals surface area contributed by atoms with E-state index in [1.54, 1.807) is 22.7 Å². The molecule has 7 nitrogen and oxygen atoms in total.